The monoisotopic (exact) mass is 499 g/mol. The average Bonchev–Trinajstić information content (AvgIpc) is 3.44. The number of carbonyl (C=O) groups is 2. The highest BCUT2D eigenvalue weighted by atomic mass is 19.4. The van der Waals surface area contributed by atoms with Crippen LogP contribution >= 0.6 is 0 Å². The first-order valence-electron chi connectivity index (χ1n) is 10.7. The molecule has 4 aromatic rings. The minimum atomic E-state index is -4.89. The Morgan fingerprint density at radius 3 is 2.64 bits per heavy atom. The topological polar surface area (TPSA) is 89.4 Å². The molecule has 3 heterocycles. The van der Waals surface area contributed by atoms with Crippen LogP contribution < -0.4 is 10.1 Å². The van der Waals surface area contributed by atoms with Gasteiger partial charge in [-0.2, -0.15) is 13.2 Å². The summed E-state index contributed by atoms with van der Waals surface area (Å²) in [5.41, 5.74) is -0.243. The Bertz CT molecular complexity index is 1520. The SMILES string of the molecule is CC(=O)N1Cc2ncnc(Oc3ccc4c(ccn4C(=O)Nc4cccc(C(F)(F)F)c4F)c3)c2C1. The molecular weight excluding hydrogens is 482 g/mol. The van der Waals surface area contributed by atoms with Gasteiger partial charge in [0.25, 0.3) is 0 Å². The molecule has 8 nitrogen and oxygen atoms in total. The van der Waals surface area contributed by atoms with Gasteiger partial charge in [-0.05, 0) is 36.4 Å². The molecule has 0 saturated carbocycles. The predicted octanol–water partition coefficient (Wildman–Crippen LogP) is 5.32. The average molecular weight is 499 g/mol. The Kier molecular flexibility index (Phi) is 5.58. The number of alkyl halides is 3. The second-order valence-electron chi connectivity index (χ2n) is 8.08. The van der Waals surface area contributed by atoms with Crippen molar-refractivity contribution in [1.82, 2.24) is 19.4 Å². The fourth-order valence-corrected chi connectivity index (χ4v) is 3.96. The number of anilines is 1. The molecule has 1 aliphatic heterocycles. The van der Waals surface area contributed by atoms with E-state index < -0.39 is 29.3 Å². The number of hydrogen-bond acceptors (Lipinski definition) is 5. The van der Waals surface area contributed by atoms with E-state index in [1.807, 2.05) is 0 Å². The maximum absolute atomic E-state index is 14.3. The first-order chi connectivity index (χ1) is 17.1. The van der Waals surface area contributed by atoms with Crippen molar-refractivity contribution in [3.8, 4) is 11.6 Å². The summed E-state index contributed by atoms with van der Waals surface area (Å²) in [5, 5.41) is 2.77. The second kappa shape index (κ2) is 8.63. The van der Waals surface area contributed by atoms with Crippen LogP contribution in [0.25, 0.3) is 10.9 Å². The maximum atomic E-state index is 14.3. The smallest absolute Gasteiger partial charge is 0.419 e. The van der Waals surface area contributed by atoms with E-state index in [1.165, 1.54) is 19.4 Å². The fourth-order valence-electron chi connectivity index (χ4n) is 3.96. The molecular formula is C24H17F4N5O3. The van der Waals surface area contributed by atoms with Gasteiger partial charge in [-0.3, -0.25) is 9.36 Å². The molecule has 0 saturated heterocycles. The molecule has 1 aliphatic rings. The highest BCUT2D eigenvalue weighted by Gasteiger charge is 2.35. The number of halogens is 4. The molecule has 184 valence electrons. The third-order valence-corrected chi connectivity index (χ3v) is 5.77. The summed E-state index contributed by atoms with van der Waals surface area (Å²) < 4.78 is 60.3. The summed E-state index contributed by atoms with van der Waals surface area (Å²) in [5.74, 6) is -0.941. The molecule has 0 bridgehead atoms. The molecule has 0 radical (unpaired) electrons. The minimum Gasteiger partial charge on any atom is -0.439 e. The molecule has 2 aromatic heterocycles. The van der Waals surface area contributed by atoms with Crippen molar-refractivity contribution in [3.05, 3.63) is 77.6 Å². The second-order valence-corrected chi connectivity index (χ2v) is 8.08. The number of fused-ring (bicyclic) bond motifs is 2. The van der Waals surface area contributed by atoms with Crippen molar-refractivity contribution < 1.29 is 31.9 Å². The minimum absolute atomic E-state index is 0.0926. The number of nitrogens with one attached hydrogen (secondary N) is 1. The van der Waals surface area contributed by atoms with E-state index in [4.69, 9.17) is 4.74 Å². The number of nitrogens with zero attached hydrogens (tertiary/aromatic N) is 4. The van der Waals surface area contributed by atoms with Crippen LogP contribution in [0.5, 0.6) is 11.6 Å². The van der Waals surface area contributed by atoms with Gasteiger partial charge in [-0.25, -0.2) is 19.2 Å². The van der Waals surface area contributed by atoms with Crippen LogP contribution in [-0.2, 0) is 24.1 Å². The van der Waals surface area contributed by atoms with Gasteiger partial charge in [0.15, 0.2) is 5.82 Å². The molecule has 5 rings (SSSR count). The van der Waals surface area contributed by atoms with Gasteiger partial charge < -0.3 is 15.0 Å². The molecule has 0 fully saturated rings. The molecule has 0 atom stereocenters. The number of hydrogen-bond donors (Lipinski definition) is 1. The zero-order valence-electron chi connectivity index (χ0n) is 18.6. The van der Waals surface area contributed by atoms with Crippen LogP contribution in [0.15, 0.2) is 55.0 Å². The Hall–Kier alpha value is -4.48. The van der Waals surface area contributed by atoms with Gasteiger partial charge in [-0.15, -0.1) is 0 Å². The molecule has 1 N–H and O–H groups in total. The standard InChI is InChI=1S/C24H17F4N5O3/c1-13(34)32-10-16-19(11-32)29-12-30-22(16)36-15-5-6-20-14(9-15)7-8-33(20)23(35)31-18-4-2-3-17(21(18)25)24(26,27)28/h2-9,12H,10-11H2,1H3,(H,31,35). The molecule has 2 aromatic carbocycles. The number of amides is 2. The Labute approximate surface area is 201 Å². The fraction of sp³-hybridized carbons (Fsp3) is 0.167. The van der Waals surface area contributed by atoms with Crippen molar-refractivity contribution in [2.75, 3.05) is 5.32 Å². The lowest BCUT2D eigenvalue weighted by Crippen LogP contribution is -2.21. The van der Waals surface area contributed by atoms with E-state index in [0.717, 1.165) is 16.7 Å². The van der Waals surface area contributed by atoms with Gasteiger partial charge in [0.1, 0.15) is 12.1 Å². The summed E-state index contributed by atoms with van der Waals surface area (Å²) in [6, 6.07) is 8.24. The number of rotatable bonds is 3. The number of benzene rings is 2. The first-order valence-corrected chi connectivity index (χ1v) is 10.7. The van der Waals surface area contributed by atoms with Crippen molar-refractivity contribution in [1.29, 1.82) is 0 Å². The Balaban J connectivity index is 1.38. The third kappa shape index (κ3) is 4.21. The highest BCUT2D eigenvalue weighted by molar-refractivity contribution is 5.99. The van der Waals surface area contributed by atoms with Crippen LogP contribution in [0.3, 0.4) is 0 Å². The summed E-state index contributed by atoms with van der Waals surface area (Å²) in [6.45, 7) is 2.16. The van der Waals surface area contributed by atoms with Crippen LogP contribution in [0.4, 0.5) is 28.0 Å². The largest absolute Gasteiger partial charge is 0.439 e. The van der Waals surface area contributed by atoms with Gasteiger partial charge >= 0.3 is 12.2 Å². The summed E-state index contributed by atoms with van der Waals surface area (Å²) in [7, 11) is 0. The van der Waals surface area contributed by atoms with Crippen molar-refractivity contribution in [3.63, 3.8) is 0 Å². The van der Waals surface area contributed by atoms with Crippen LogP contribution in [0.2, 0.25) is 0 Å². The summed E-state index contributed by atoms with van der Waals surface area (Å²) >= 11 is 0. The zero-order chi connectivity index (χ0) is 25.6. The highest BCUT2D eigenvalue weighted by Crippen LogP contribution is 2.35. The van der Waals surface area contributed by atoms with E-state index in [0.29, 0.717) is 52.9 Å². The van der Waals surface area contributed by atoms with Crippen molar-refractivity contribution >= 4 is 28.5 Å². The predicted molar refractivity (Wildman–Crippen MR) is 120 cm³/mol. The molecule has 0 aliphatic carbocycles. The lowest BCUT2D eigenvalue weighted by molar-refractivity contribution is -0.140. The van der Waals surface area contributed by atoms with Crippen molar-refractivity contribution in [2.45, 2.75) is 26.2 Å². The van der Waals surface area contributed by atoms with Gasteiger partial charge in [0, 0.05) is 18.5 Å². The quantitative estimate of drug-likeness (QED) is 0.385. The van der Waals surface area contributed by atoms with Crippen LogP contribution in [-0.4, -0.2) is 31.4 Å². The van der Waals surface area contributed by atoms with E-state index in [-0.39, 0.29) is 5.91 Å². The Morgan fingerprint density at radius 1 is 1.08 bits per heavy atom. The Morgan fingerprint density at radius 2 is 1.89 bits per heavy atom. The summed E-state index contributed by atoms with van der Waals surface area (Å²) in [4.78, 5) is 34.4. The van der Waals surface area contributed by atoms with Gasteiger partial charge in [0.2, 0.25) is 11.8 Å². The van der Waals surface area contributed by atoms with E-state index in [1.54, 1.807) is 29.2 Å². The van der Waals surface area contributed by atoms with E-state index in [2.05, 4.69) is 15.3 Å². The van der Waals surface area contributed by atoms with Gasteiger partial charge in [0.05, 0.1) is 41.1 Å². The van der Waals surface area contributed by atoms with Crippen LogP contribution in [0, 0.1) is 5.82 Å². The molecule has 0 spiro atoms. The zero-order valence-corrected chi connectivity index (χ0v) is 18.6. The van der Waals surface area contributed by atoms with E-state index >= 15 is 0 Å². The first kappa shape index (κ1) is 23.3. The maximum Gasteiger partial charge on any atom is 0.419 e. The van der Waals surface area contributed by atoms with Crippen LogP contribution in [0.1, 0.15) is 23.7 Å². The number of ether oxygens (including phenoxy) is 1. The third-order valence-electron chi connectivity index (χ3n) is 5.77. The molecule has 12 heteroatoms. The molecule has 2 amide bonds. The lowest BCUT2D eigenvalue weighted by Gasteiger charge is -2.13. The normalized spacial score (nSPS) is 13.1. The molecule has 36 heavy (non-hydrogen) atoms. The van der Waals surface area contributed by atoms with E-state index in [9.17, 15) is 27.2 Å². The summed E-state index contributed by atoms with van der Waals surface area (Å²) in [6.07, 6.45) is -2.14. The van der Waals surface area contributed by atoms with Crippen molar-refractivity contribution in [2.24, 2.45) is 0 Å². The van der Waals surface area contributed by atoms with Gasteiger partial charge in [-0.1, -0.05) is 6.07 Å². The number of aromatic nitrogens is 3. The lowest BCUT2D eigenvalue weighted by atomic mass is 10.2. The molecule has 0 unspecified atom stereocenters. The number of carbonyl (C=O) groups excluding carboxylic acids is 2.